The van der Waals surface area contributed by atoms with Gasteiger partial charge in [0.05, 0.1) is 12.7 Å². The Morgan fingerprint density at radius 3 is 2.88 bits per heavy atom. The standard InChI is InChI=1S/C11H19N3O2/c1-4-16-11-7-10(12-8-13-11)14(3)6-5-9(2)15/h7-9,15H,4-6H2,1-3H3. The molecule has 16 heavy (non-hydrogen) atoms. The van der Waals surface area contributed by atoms with Gasteiger partial charge >= 0.3 is 0 Å². The zero-order chi connectivity index (χ0) is 12.0. The Morgan fingerprint density at radius 2 is 2.25 bits per heavy atom. The van der Waals surface area contributed by atoms with Gasteiger partial charge in [-0.3, -0.25) is 0 Å². The number of aromatic nitrogens is 2. The molecule has 1 N–H and O–H groups in total. The molecule has 0 aromatic carbocycles. The highest BCUT2D eigenvalue weighted by Crippen LogP contribution is 2.14. The summed E-state index contributed by atoms with van der Waals surface area (Å²) in [6.07, 6.45) is 1.90. The van der Waals surface area contributed by atoms with Crippen LogP contribution in [0, 0.1) is 0 Å². The highest BCUT2D eigenvalue weighted by molar-refractivity contribution is 5.39. The van der Waals surface area contributed by atoms with Crippen LogP contribution in [0.2, 0.25) is 0 Å². The van der Waals surface area contributed by atoms with E-state index in [0.717, 1.165) is 12.4 Å². The lowest BCUT2D eigenvalue weighted by molar-refractivity contribution is 0.187. The molecule has 5 heteroatoms. The predicted molar refractivity (Wildman–Crippen MR) is 62.8 cm³/mol. The summed E-state index contributed by atoms with van der Waals surface area (Å²) in [6, 6.07) is 1.80. The summed E-state index contributed by atoms with van der Waals surface area (Å²) >= 11 is 0. The molecule has 5 nitrogen and oxygen atoms in total. The molecule has 0 aliphatic heterocycles. The van der Waals surface area contributed by atoms with Gasteiger partial charge in [0.1, 0.15) is 12.1 Å². The number of rotatable bonds is 6. The summed E-state index contributed by atoms with van der Waals surface area (Å²) < 4.78 is 5.30. The van der Waals surface area contributed by atoms with Gasteiger partial charge in [-0.05, 0) is 20.3 Å². The number of hydrogen-bond donors (Lipinski definition) is 1. The average molecular weight is 225 g/mol. The van der Waals surface area contributed by atoms with Gasteiger partial charge in [-0.1, -0.05) is 0 Å². The van der Waals surface area contributed by atoms with Crippen molar-refractivity contribution in [1.82, 2.24) is 9.97 Å². The van der Waals surface area contributed by atoms with Crippen molar-refractivity contribution in [3.63, 3.8) is 0 Å². The Labute approximate surface area is 96.1 Å². The van der Waals surface area contributed by atoms with Crippen LogP contribution in [0.25, 0.3) is 0 Å². The summed E-state index contributed by atoms with van der Waals surface area (Å²) in [5, 5.41) is 9.20. The molecule has 0 aliphatic rings. The van der Waals surface area contributed by atoms with Crippen LogP contribution in [-0.4, -0.2) is 41.4 Å². The van der Waals surface area contributed by atoms with Gasteiger partial charge in [0.25, 0.3) is 0 Å². The number of ether oxygens (including phenoxy) is 1. The number of aliphatic hydroxyl groups is 1. The first-order chi connectivity index (χ1) is 7.63. The second-order valence-corrected chi connectivity index (χ2v) is 3.71. The largest absolute Gasteiger partial charge is 0.478 e. The molecule has 1 heterocycles. The van der Waals surface area contributed by atoms with Crippen LogP contribution in [-0.2, 0) is 0 Å². The highest BCUT2D eigenvalue weighted by Gasteiger charge is 2.06. The molecule has 0 saturated carbocycles. The van der Waals surface area contributed by atoms with Gasteiger partial charge in [0, 0.05) is 19.7 Å². The fourth-order valence-corrected chi connectivity index (χ4v) is 1.26. The van der Waals surface area contributed by atoms with Gasteiger partial charge in [-0.15, -0.1) is 0 Å². The molecule has 1 rings (SSSR count). The topological polar surface area (TPSA) is 58.5 Å². The molecule has 1 atom stereocenters. The van der Waals surface area contributed by atoms with E-state index in [1.807, 2.05) is 18.9 Å². The minimum Gasteiger partial charge on any atom is -0.478 e. The van der Waals surface area contributed by atoms with E-state index >= 15 is 0 Å². The Hall–Kier alpha value is -1.36. The van der Waals surface area contributed by atoms with E-state index in [9.17, 15) is 5.11 Å². The summed E-state index contributed by atoms with van der Waals surface area (Å²) in [4.78, 5) is 10.1. The van der Waals surface area contributed by atoms with E-state index < -0.39 is 0 Å². The normalized spacial score (nSPS) is 12.2. The van der Waals surface area contributed by atoms with Crippen LogP contribution < -0.4 is 9.64 Å². The molecule has 1 aromatic rings. The first-order valence-electron chi connectivity index (χ1n) is 5.47. The van der Waals surface area contributed by atoms with Crippen molar-refractivity contribution in [2.45, 2.75) is 26.4 Å². The molecule has 0 bridgehead atoms. The van der Waals surface area contributed by atoms with E-state index in [4.69, 9.17) is 4.74 Å². The van der Waals surface area contributed by atoms with Gasteiger partial charge in [-0.25, -0.2) is 9.97 Å². The maximum Gasteiger partial charge on any atom is 0.218 e. The van der Waals surface area contributed by atoms with Gasteiger partial charge in [-0.2, -0.15) is 0 Å². The predicted octanol–water partition coefficient (Wildman–Crippen LogP) is 1.08. The zero-order valence-corrected chi connectivity index (χ0v) is 10.1. The van der Waals surface area contributed by atoms with E-state index in [2.05, 4.69) is 9.97 Å². The van der Waals surface area contributed by atoms with E-state index in [0.29, 0.717) is 18.9 Å². The van der Waals surface area contributed by atoms with Gasteiger partial charge in [0.15, 0.2) is 0 Å². The lowest BCUT2D eigenvalue weighted by Gasteiger charge is -2.18. The fraction of sp³-hybridized carbons (Fsp3) is 0.636. The molecule has 0 saturated heterocycles. The molecule has 0 spiro atoms. The Bertz CT molecular complexity index is 318. The first-order valence-corrected chi connectivity index (χ1v) is 5.47. The van der Waals surface area contributed by atoms with Crippen LogP contribution in [0.3, 0.4) is 0 Å². The Morgan fingerprint density at radius 1 is 1.50 bits per heavy atom. The molecule has 0 amide bonds. The smallest absolute Gasteiger partial charge is 0.218 e. The SMILES string of the molecule is CCOc1cc(N(C)CCC(C)O)ncn1. The average Bonchev–Trinajstić information content (AvgIpc) is 2.26. The monoisotopic (exact) mass is 225 g/mol. The van der Waals surface area contributed by atoms with Crippen molar-refractivity contribution in [3.05, 3.63) is 12.4 Å². The molecule has 90 valence electrons. The Balaban J connectivity index is 2.60. The quantitative estimate of drug-likeness (QED) is 0.785. The van der Waals surface area contributed by atoms with Crippen LogP contribution in [0.15, 0.2) is 12.4 Å². The third-order valence-electron chi connectivity index (χ3n) is 2.19. The maximum absolute atomic E-state index is 9.20. The van der Waals surface area contributed by atoms with Gasteiger partial charge in [0.2, 0.25) is 5.88 Å². The number of nitrogens with zero attached hydrogens (tertiary/aromatic N) is 3. The van der Waals surface area contributed by atoms with Crippen LogP contribution >= 0.6 is 0 Å². The summed E-state index contributed by atoms with van der Waals surface area (Å²) in [5.41, 5.74) is 0. The fourth-order valence-electron chi connectivity index (χ4n) is 1.26. The van der Waals surface area contributed by atoms with Crippen molar-refractivity contribution in [2.24, 2.45) is 0 Å². The second-order valence-electron chi connectivity index (χ2n) is 3.71. The van der Waals surface area contributed by atoms with Gasteiger partial charge < -0.3 is 14.7 Å². The summed E-state index contributed by atoms with van der Waals surface area (Å²) in [5.74, 6) is 1.38. The van der Waals surface area contributed by atoms with Crippen LogP contribution in [0.4, 0.5) is 5.82 Å². The molecule has 0 aliphatic carbocycles. The van der Waals surface area contributed by atoms with E-state index in [1.165, 1.54) is 6.33 Å². The molecule has 0 fully saturated rings. The van der Waals surface area contributed by atoms with Crippen molar-refractivity contribution in [3.8, 4) is 5.88 Å². The van der Waals surface area contributed by atoms with Crippen molar-refractivity contribution < 1.29 is 9.84 Å². The minimum atomic E-state index is -0.296. The number of anilines is 1. The Kier molecular flexibility index (Phi) is 4.98. The minimum absolute atomic E-state index is 0.296. The second kappa shape index (κ2) is 6.27. The third-order valence-corrected chi connectivity index (χ3v) is 2.19. The lowest BCUT2D eigenvalue weighted by atomic mass is 10.3. The number of hydrogen-bond acceptors (Lipinski definition) is 5. The third kappa shape index (κ3) is 4.02. The van der Waals surface area contributed by atoms with Crippen LogP contribution in [0.1, 0.15) is 20.3 Å². The molecule has 0 radical (unpaired) electrons. The van der Waals surface area contributed by atoms with Crippen LogP contribution in [0.5, 0.6) is 5.88 Å². The van der Waals surface area contributed by atoms with E-state index in [1.54, 1.807) is 13.0 Å². The maximum atomic E-state index is 9.20. The molecule has 1 aromatic heterocycles. The summed E-state index contributed by atoms with van der Waals surface area (Å²) in [7, 11) is 1.93. The molecular weight excluding hydrogens is 206 g/mol. The lowest BCUT2D eigenvalue weighted by Crippen LogP contribution is -2.22. The number of aliphatic hydroxyl groups excluding tert-OH is 1. The zero-order valence-electron chi connectivity index (χ0n) is 10.1. The van der Waals surface area contributed by atoms with E-state index in [-0.39, 0.29) is 6.10 Å². The van der Waals surface area contributed by atoms with Crippen molar-refractivity contribution >= 4 is 5.82 Å². The first kappa shape index (κ1) is 12.7. The molecule has 1 unspecified atom stereocenters. The summed E-state index contributed by atoms with van der Waals surface area (Å²) in [6.45, 7) is 5.03. The van der Waals surface area contributed by atoms with Crippen molar-refractivity contribution in [1.29, 1.82) is 0 Å². The molecular formula is C11H19N3O2. The van der Waals surface area contributed by atoms with Crippen molar-refractivity contribution in [2.75, 3.05) is 25.1 Å². The highest BCUT2D eigenvalue weighted by atomic mass is 16.5.